The molecule has 1 atom stereocenters. The van der Waals surface area contributed by atoms with Crippen molar-refractivity contribution in [3.63, 3.8) is 0 Å². The summed E-state index contributed by atoms with van der Waals surface area (Å²) in [5.74, 6) is -1.14. The maximum absolute atomic E-state index is 12.8. The zero-order chi connectivity index (χ0) is 16.2. The first-order valence-corrected chi connectivity index (χ1v) is 6.14. The third-order valence-corrected chi connectivity index (χ3v) is 2.73. The number of benzene rings is 1. The molecule has 1 aromatic carbocycles. The lowest BCUT2D eigenvalue weighted by atomic mass is 10.1. The van der Waals surface area contributed by atoms with Crippen LogP contribution in [0, 0.1) is 0 Å². The molecule has 5 nitrogen and oxygen atoms in total. The average Bonchev–Trinajstić information content (AvgIpc) is 2.28. The summed E-state index contributed by atoms with van der Waals surface area (Å²) >= 11 is 5.66. The Morgan fingerprint density at radius 2 is 2.00 bits per heavy atom. The summed E-state index contributed by atoms with van der Waals surface area (Å²) in [6, 6.07) is 1.37. The van der Waals surface area contributed by atoms with Crippen LogP contribution in [-0.2, 0) is 11.0 Å². The smallest absolute Gasteiger partial charge is 0.418 e. The van der Waals surface area contributed by atoms with Gasteiger partial charge in [-0.1, -0.05) is 17.7 Å². The number of alkyl halides is 3. The third-order valence-electron chi connectivity index (χ3n) is 2.42. The predicted octanol–water partition coefficient (Wildman–Crippen LogP) is 3.34. The van der Waals surface area contributed by atoms with Crippen molar-refractivity contribution in [2.75, 3.05) is 5.32 Å². The third kappa shape index (κ3) is 5.14. The number of para-hydroxylation sites is 1. The molecule has 0 spiro atoms. The molecule has 0 heterocycles. The van der Waals surface area contributed by atoms with E-state index in [0.29, 0.717) is 0 Å². The van der Waals surface area contributed by atoms with Crippen LogP contribution in [0.4, 0.5) is 23.7 Å². The molecule has 1 rings (SSSR count). The first-order chi connectivity index (χ1) is 9.61. The predicted molar refractivity (Wildman–Crippen MR) is 70.3 cm³/mol. The summed E-state index contributed by atoms with van der Waals surface area (Å²) in [4.78, 5) is 22.0. The number of urea groups is 1. The fourth-order valence-electron chi connectivity index (χ4n) is 1.57. The molecular formula is C12H12ClF3N2O3. The summed E-state index contributed by atoms with van der Waals surface area (Å²) in [7, 11) is 0. The van der Waals surface area contributed by atoms with E-state index in [2.05, 4.69) is 5.32 Å². The number of hydrogen-bond acceptors (Lipinski definition) is 2. The largest absolute Gasteiger partial charge is 0.481 e. The first-order valence-electron chi connectivity index (χ1n) is 5.76. The van der Waals surface area contributed by atoms with Crippen molar-refractivity contribution >= 4 is 29.3 Å². The van der Waals surface area contributed by atoms with Gasteiger partial charge in [0.15, 0.2) is 0 Å². The van der Waals surface area contributed by atoms with Gasteiger partial charge in [0.2, 0.25) is 0 Å². The highest BCUT2D eigenvalue weighted by atomic mass is 35.5. The number of carbonyl (C=O) groups is 2. The van der Waals surface area contributed by atoms with Crippen molar-refractivity contribution in [1.82, 2.24) is 5.32 Å². The van der Waals surface area contributed by atoms with E-state index in [1.165, 1.54) is 13.0 Å². The van der Waals surface area contributed by atoms with Gasteiger partial charge < -0.3 is 15.7 Å². The summed E-state index contributed by atoms with van der Waals surface area (Å²) in [5.41, 5.74) is -1.66. The number of hydrogen-bond donors (Lipinski definition) is 3. The topological polar surface area (TPSA) is 78.4 Å². The number of nitrogens with one attached hydrogen (secondary N) is 2. The summed E-state index contributed by atoms with van der Waals surface area (Å²) in [5, 5.41) is 12.5. The molecular weight excluding hydrogens is 313 g/mol. The number of carboxylic acids is 1. The Morgan fingerprint density at radius 1 is 1.38 bits per heavy atom. The normalized spacial score (nSPS) is 12.6. The lowest BCUT2D eigenvalue weighted by Crippen LogP contribution is -2.37. The highest BCUT2D eigenvalue weighted by Gasteiger charge is 2.34. The number of anilines is 1. The van der Waals surface area contributed by atoms with Crippen LogP contribution >= 0.6 is 11.6 Å². The van der Waals surface area contributed by atoms with E-state index in [4.69, 9.17) is 16.7 Å². The Hall–Kier alpha value is -1.96. The monoisotopic (exact) mass is 324 g/mol. The van der Waals surface area contributed by atoms with Gasteiger partial charge in [-0.3, -0.25) is 4.79 Å². The number of aliphatic carboxylic acids is 1. The fraction of sp³-hybridized carbons (Fsp3) is 0.333. The Morgan fingerprint density at radius 3 is 2.52 bits per heavy atom. The molecule has 3 N–H and O–H groups in total. The van der Waals surface area contributed by atoms with Crippen LogP contribution in [0.3, 0.4) is 0 Å². The van der Waals surface area contributed by atoms with Crippen molar-refractivity contribution in [2.24, 2.45) is 0 Å². The summed E-state index contributed by atoms with van der Waals surface area (Å²) in [6.45, 7) is 1.41. The molecule has 116 valence electrons. The quantitative estimate of drug-likeness (QED) is 0.794. The molecule has 0 fully saturated rings. The Kier molecular flexibility index (Phi) is 5.42. The molecule has 0 aliphatic carbocycles. The van der Waals surface area contributed by atoms with Gasteiger partial charge in [0.25, 0.3) is 0 Å². The minimum Gasteiger partial charge on any atom is -0.481 e. The molecule has 2 amide bonds. The van der Waals surface area contributed by atoms with Crippen LogP contribution in [0.1, 0.15) is 18.9 Å². The molecule has 0 aromatic heterocycles. The standard InChI is InChI=1S/C12H12ClF3N2O3/c1-6(5-9(19)20)17-11(21)18-10-7(12(14,15)16)3-2-4-8(10)13/h2-4,6H,5H2,1H3,(H,19,20)(H2,17,18,21). The van der Waals surface area contributed by atoms with Crippen molar-refractivity contribution < 1.29 is 27.9 Å². The highest BCUT2D eigenvalue weighted by molar-refractivity contribution is 6.33. The number of rotatable bonds is 4. The van der Waals surface area contributed by atoms with Crippen LogP contribution in [0.2, 0.25) is 5.02 Å². The van der Waals surface area contributed by atoms with Gasteiger partial charge in [-0.15, -0.1) is 0 Å². The van der Waals surface area contributed by atoms with E-state index in [0.717, 1.165) is 12.1 Å². The maximum Gasteiger partial charge on any atom is 0.418 e. The van der Waals surface area contributed by atoms with Crippen molar-refractivity contribution in [3.05, 3.63) is 28.8 Å². The van der Waals surface area contributed by atoms with Crippen LogP contribution in [0.15, 0.2) is 18.2 Å². The number of carboxylic acid groups (broad SMARTS) is 1. The first kappa shape index (κ1) is 17.1. The fourth-order valence-corrected chi connectivity index (χ4v) is 1.80. The molecule has 21 heavy (non-hydrogen) atoms. The van der Waals surface area contributed by atoms with Gasteiger partial charge in [0.1, 0.15) is 0 Å². The van der Waals surface area contributed by atoms with Crippen molar-refractivity contribution in [1.29, 1.82) is 0 Å². The Balaban J connectivity index is 2.88. The van der Waals surface area contributed by atoms with Crippen LogP contribution in [0.25, 0.3) is 0 Å². The summed E-state index contributed by atoms with van der Waals surface area (Å²) < 4.78 is 38.4. The number of halogens is 4. The number of amides is 2. The van der Waals surface area contributed by atoms with Gasteiger partial charge in [-0.05, 0) is 19.1 Å². The van der Waals surface area contributed by atoms with E-state index in [1.54, 1.807) is 0 Å². The second kappa shape index (κ2) is 6.66. The Bertz CT molecular complexity index is 549. The second-order valence-electron chi connectivity index (χ2n) is 4.26. The maximum atomic E-state index is 12.8. The molecule has 0 saturated heterocycles. The zero-order valence-corrected chi connectivity index (χ0v) is 11.5. The van der Waals surface area contributed by atoms with E-state index in [9.17, 15) is 22.8 Å². The van der Waals surface area contributed by atoms with Gasteiger partial charge in [0, 0.05) is 6.04 Å². The van der Waals surface area contributed by atoms with Gasteiger partial charge in [-0.25, -0.2) is 4.79 Å². The summed E-state index contributed by atoms with van der Waals surface area (Å²) in [6.07, 6.45) is -5.04. The van der Waals surface area contributed by atoms with Gasteiger partial charge in [0.05, 0.1) is 22.7 Å². The van der Waals surface area contributed by atoms with E-state index in [1.807, 2.05) is 5.32 Å². The van der Waals surface area contributed by atoms with Crippen LogP contribution in [-0.4, -0.2) is 23.1 Å². The highest BCUT2D eigenvalue weighted by Crippen LogP contribution is 2.38. The molecule has 0 aliphatic heterocycles. The molecule has 0 radical (unpaired) electrons. The van der Waals surface area contributed by atoms with Crippen molar-refractivity contribution in [3.8, 4) is 0 Å². The van der Waals surface area contributed by atoms with E-state index < -0.39 is 35.5 Å². The second-order valence-corrected chi connectivity index (χ2v) is 4.66. The molecule has 0 aliphatic rings. The van der Waals surface area contributed by atoms with E-state index in [-0.39, 0.29) is 11.4 Å². The van der Waals surface area contributed by atoms with Crippen molar-refractivity contribution in [2.45, 2.75) is 25.6 Å². The van der Waals surface area contributed by atoms with E-state index >= 15 is 0 Å². The lowest BCUT2D eigenvalue weighted by molar-refractivity contribution is -0.138. The minimum absolute atomic E-state index is 0.272. The lowest BCUT2D eigenvalue weighted by Gasteiger charge is -2.17. The van der Waals surface area contributed by atoms with Crippen LogP contribution < -0.4 is 10.6 Å². The van der Waals surface area contributed by atoms with Gasteiger partial charge >= 0.3 is 18.2 Å². The van der Waals surface area contributed by atoms with Gasteiger partial charge in [-0.2, -0.15) is 13.2 Å². The average molecular weight is 325 g/mol. The molecule has 0 bridgehead atoms. The molecule has 0 saturated carbocycles. The Labute approximate surface area is 123 Å². The molecule has 9 heteroatoms. The number of carbonyl (C=O) groups excluding carboxylic acids is 1. The molecule has 1 unspecified atom stereocenters. The molecule has 1 aromatic rings. The minimum atomic E-state index is -4.68. The van der Waals surface area contributed by atoms with Crippen LogP contribution in [0.5, 0.6) is 0 Å². The zero-order valence-electron chi connectivity index (χ0n) is 10.8. The SMILES string of the molecule is CC(CC(=O)O)NC(=O)Nc1c(Cl)cccc1C(F)(F)F.